The number of piperazine rings is 1. The highest BCUT2D eigenvalue weighted by atomic mass is 32.1. The van der Waals surface area contributed by atoms with Gasteiger partial charge in [-0.15, -0.1) is 11.3 Å². The molecule has 9 nitrogen and oxygen atoms in total. The quantitative estimate of drug-likeness (QED) is 0.470. The summed E-state index contributed by atoms with van der Waals surface area (Å²) in [5.74, 6) is 1.08. The first kappa shape index (κ1) is 26.0. The van der Waals surface area contributed by atoms with Crippen molar-refractivity contribution in [3.8, 4) is 5.75 Å². The molecule has 5 rings (SSSR count). The van der Waals surface area contributed by atoms with Crippen molar-refractivity contribution >= 4 is 29.1 Å². The molecular formula is C28H32N4O5S. The van der Waals surface area contributed by atoms with Gasteiger partial charge in [0, 0.05) is 56.1 Å². The lowest BCUT2D eigenvalue weighted by molar-refractivity contribution is 0.0515. The number of piperidine rings is 1. The monoisotopic (exact) mass is 536 g/mol. The first-order valence-electron chi connectivity index (χ1n) is 13.0. The van der Waals surface area contributed by atoms with Gasteiger partial charge in [0.25, 0.3) is 17.7 Å². The van der Waals surface area contributed by atoms with Gasteiger partial charge in [-0.3, -0.25) is 14.4 Å². The topological polar surface area (TPSA) is 96.2 Å². The van der Waals surface area contributed by atoms with E-state index in [2.05, 4.69) is 4.98 Å². The van der Waals surface area contributed by atoms with Crippen LogP contribution in [0.25, 0.3) is 0 Å². The smallest absolute Gasteiger partial charge is 0.289 e. The minimum absolute atomic E-state index is 0.0271. The standard InChI is InChI=1S/C28H32N4O5S/c1-19(2)37-22-7-5-21(6-8-22)26(33)30-11-9-20(10-12-30)25-29-23(18-38-25)27(34)31-13-15-32(16-14-31)28(35)24-4-3-17-36-24/h3-8,17-20H,9-16H2,1-2H3. The van der Waals surface area contributed by atoms with Crippen LogP contribution in [0.2, 0.25) is 0 Å². The summed E-state index contributed by atoms with van der Waals surface area (Å²) in [6, 6.07) is 10.7. The molecule has 0 atom stereocenters. The zero-order valence-electron chi connectivity index (χ0n) is 21.7. The molecule has 2 saturated heterocycles. The Morgan fingerprint density at radius 3 is 2.13 bits per heavy atom. The second-order valence-electron chi connectivity index (χ2n) is 9.89. The molecule has 3 aromatic rings. The normalized spacial score (nSPS) is 16.7. The van der Waals surface area contributed by atoms with Crippen molar-refractivity contribution in [2.45, 2.75) is 38.7 Å². The van der Waals surface area contributed by atoms with E-state index in [1.165, 1.54) is 17.6 Å². The number of carbonyl (C=O) groups excluding carboxylic acids is 3. The van der Waals surface area contributed by atoms with Gasteiger partial charge in [0.05, 0.1) is 17.4 Å². The molecule has 0 spiro atoms. The molecule has 3 amide bonds. The zero-order valence-corrected chi connectivity index (χ0v) is 22.5. The van der Waals surface area contributed by atoms with E-state index >= 15 is 0 Å². The van der Waals surface area contributed by atoms with Crippen LogP contribution in [0.3, 0.4) is 0 Å². The molecule has 2 aliphatic heterocycles. The number of benzene rings is 1. The maximum Gasteiger partial charge on any atom is 0.289 e. The molecule has 38 heavy (non-hydrogen) atoms. The summed E-state index contributed by atoms with van der Waals surface area (Å²) >= 11 is 1.51. The Kier molecular flexibility index (Phi) is 7.78. The van der Waals surface area contributed by atoms with Crippen molar-refractivity contribution in [1.29, 1.82) is 0 Å². The molecule has 4 heterocycles. The van der Waals surface area contributed by atoms with E-state index in [0.717, 1.165) is 23.6 Å². The van der Waals surface area contributed by atoms with Gasteiger partial charge in [0.15, 0.2) is 5.76 Å². The minimum atomic E-state index is -0.153. The first-order valence-corrected chi connectivity index (χ1v) is 13.9. The van der Waals surface area contributed by atoms with E-state index in [1.54, 1.807) is 21.9 Å². The molecule has 2 fully saturated rings. The number of furan rings is 1. The number of hydrogen-bond acceptors (Lipinski definition) is 7. The van der Waals surface area contributed by atoms with E-state index in [4.69, 9.17) is 9.15 Å². The molecule has 2 aromatic heterocycles. The number of amides is 3. The van der Waals surface area contributed by atoms with Gasteiger partial charge >= 0.3 is 0 Å². The molecule has 0 N–H and O–H groups in total. The van der Waals surface area contributed by atoms with Crippen LogP contribution in [0.1, 0.15) is 69.0 Å². The minimum Gasteiger partial charge on any atom is -0.491 e. The second kappa shape index (κ2) is 11.4. The van der Waals surface area contributed by atoms with Crippen molar-refractivity contribution in [2.24, 2.45) is 0 Å². The first-order chi connectivity index (χ1) is 18.4. The molecule has 0 unspecified atom stereocenters. The van der Waals surface area contributed by atoms with Crippen LogP contribution in [0.4, 0.5) is 0 Å². The van der Waals surface area contributed by atoms with E-state index in [0.29, 0.717) is 56.3 Å². The number of rotatable bonds is 6. The number of ether oxygens (including phenoxy) is 1. The van der Waals surface area contributed by atoms with Crippen LogP contribution in [0.5, 0.6) is 5.75 Å². The number of thiazole rings is 1. The highest BCUT2D eigenvalue weighted by Gasteiger charge is 2.30. The van der Waals surface area contributed by atoms with Crippen molar-refractivity contribution < 1.29 is 23.5 Å². The average Bonchev–Trinajstić information content (AvgIpc) is 3.65. The van der Waals surface area contributed by atoms with Crippen molar-refractivity contribution in [1.82, 2.24) is 19.7 Å². The molecule has 2 aliphatic rings. The van der Waals surface area contributed by atoms with E-state index in [-0.39, 0.29) is 29.7 Å². The van der Waals surface area contributed by atoms with Gasteiger partial charge in [0.2, 0.25) is 0 Å². The Labute approximate surface area is 226 Å². The van der Waals surface area contributed by atoms with Crippen LogP contribution < -0.4 is 4.74 Å². The van der Waals surface area contributed by atoms with Crippen LogP contribution >= 0.6 is 11.3 Å². The third-order valence-corrected chi connectivity index (χ3v) is 7.94. The average molecular weight is 537 g/mol. The third kappa shape index (κ3) is 5.75. The lowest BCUT2D eigenvalue weighted by Gasteiger charge is -2.34. The van der Waals surface area contributed by atoms with Crippen LogP contribution in [0.15, 0.2) is 52.5 Å². The fraction of sp³-hybridized carbons (Fsp3) is 0.429. The van der Waals surface area contributed by atoms with Gasteiger partial charge in [0.1, 0.15) is 11.4 Å². The van der Waals surface area contributed by atoms with Gasteiger partial charge in [-0.05, 0) is 63.1 Å². The van der Waals surface area contributed by atoms with Gasteiger partial charge < -0.3 is 23.9 Å². The van der Waals surface area contributed by atoms with E-state index in [1.807, 2.05) is 48.4 Å². The van der Waals surface area contributed by atoms with Crippen LogP contribution in [-0.4, -0.2) is 82.8 Å². The maximum absolute atomic E-state index is 13.1. The Balaban J connectivity index is 1.11. The molecule has 0 radical (unpaired) electrons. The predicted octanol–water partition coefficient (Wildman–Crippen LogP) is 4.14. The predicted molar refractivity (Wildman–Crippen MR) is 143 cm³/mol. The number of likely N-dealkylation sites (tertiary alicyclic amines) is 1. The summed E-state index contributed by atoms with van der Waals surface area (Å²) in [7, 11) is 0. The molecule has 0 aliphatic carbocycles. The molecule has 200 valence electrons. The summed E-state index contributed by atoms with van der Waals surface area (Å²) in [5.41, 5.74) is 1.12. The second-order valence-corrected chi connectivity index (χ2v) is 10.8. The van der Waals surface area contributed by atoms with E-state index < -0.39 is 0 Å². The summed E-state index contributed by atoms with van der Waals surface area (Å²) in [6.07, 6.45) is 3.20. The summed E-state index contributed by atoms with van der Waals surface area (Å²) < 4.78 is 10.9. The molecule has 1 aromatic carbocycles. The maximum atomic E-state index is 13.1. The Hall–Kier alpha value is -3.66. The Bertz CT molecular complexity index is 1250. The van der Waals surface area contributed by atoms with Crippen LogP contribution in [0, 0.1) is 0 Å². The molecular weight excluding hydrogens is 504 g/mol. The number of aromatic nitrogens is 1. The third-order valence-electron chi connectivity index (χ3n) is 6.93. The fourth-order valence-corrected chi connectivity index (χ4v) is 5.83. The summed E-state index contributed by atoms with van der Waals surface area (Å²) in [5, 5.41) is 2.78. The number of nitrogens with zero attached hydrogens (tertiary/aromatic N) is 4. The SMILES string of the molecule is CC(C)Oc1ccc(C(=O)N2CCC(c3nc(C(=O)N4CCN(C(=O)c5ccco5)CC4)cs3)CC2)cc1. The van der Waals surface area contributed by atoms with Crippen molar-refractivity contribution in [3.63, 3.8) is 0 Å². The fourth-order valence-electron chi connectivity index (χ4n) is 4.86. The largest absolute Gasteiger partial charge is 0.491 e. The highest BCUT2D eigenvalue weighted by Crippen LogP contribution is 2.31. The number of carbonyl (C=O) groups is 3. The van der Waals surface area contributed by atoms with Gasteiger partial charge in [-0.2, -0.15) is 0 Å². The van der Waals surface area contributed by atoms with Gasteiger partial charge in [-0.25, -0.2) is 4.98 Å². The highest BCUT2D eigenvalue weighted by molar-refractivity contribution is 7.09. The lowest BCUT2D eigenvalue weighted by atomic mass is 9.97. The Morgan fingerprint density at radius 2 is 1.53 bits per heavy atom. The van der Waals surface area contributed by atoms with Crippen molar-refractivity contribution in [2.75, 3.05) is 39.3 Å². The summed E-state index contributed by atoms with van der Waals surface area (Å²) in [4.78, 5) is 48.5. The lowest BCUT2D eigenvalue weighted by Crippen LogP contribution is -2.50. The molecule has 10 heteroatoms. The molecule has 0 saturated carbocycles. The van der Waals surface area contributed by atoms with E-state index in [9.17, 15) is 14.4 Å². The Morgan fingerprint density at radius 1 is 0.895 bits per heavy atom. The molecule has 0 bridgehead atoms. The van der Waals surface area contributed by atoms with Gasteiger partial charge in [-0.1, -0.05) is 0 Å². The van der Waals surface area contributed by atoms with Crippen LogP contribution in [-0.2, 0) is 0 Å². The number of hydrogen-bond donors (Lipinski definition) is 0. The summed E-state index contributed by atoms with van der Waals surface area (Å²) in [6.45, 7) is 7.10. The zero-order chi connectivity index (χ0) is 26.6. The van der Waals surface area contributed by atoms with Crippen molar-refractivity contribution in [3.05, 3.63) is 70.1 Å².